The van der Waals surface area contributed by atoms with Crippen LogP contribution in [0.4, 0.5) is 17.1 Å². The molecule has 6 heteroatoms. The standard InChI is InChI=1S/C86H62N4O2/c1-7-26-61(8-2)89(80-54(4)44-47-69-68-39-23-36-65(85(68)92-86(69)80)57-27-13-9-14-28-57)63-46-48-74-73(50-63)67-38-25-41-71-79-76(58-29-15-10-16-30-58)83-78(77(59-31-17-11-18-32-59)84(79)90(74)82(67)71)70-40-24-37-66-72(56(6)88(83)81(66)70)49-55(5)87(62-33-19-12-20-34-62)51-53(3)43-45-60-52-91-75-42-22-21-35-64(60)75/h7-25,27-52,61H,1-2,5-6,26H2,3-4H3/b45-43-,53-51+,72-49+. The van der Waals surface area contributed by atoms with Gasteiger partial charge < -0.3 is 27.4 Å². The lowest BCUT2D eigenvalue weighted by molar-refractivity contribution is 0.615. The summed E-state index contributed by atoms with van der Waals surface area (Å²) in [6.07, 6.45) is 15.2. The van der Waals surface area contributed by atoms with Crippen molar-refractivity contribution in [2.75, 3.05) is 9.80 Å². The van der Waals surface area contributed by atoms with E-state index >= 15 is 0 Å². The molecule has 17 rings (SSSR count). The Morgan fingerprint density at radius 1 is 0.543 bits per heavy atom. The predicted octanol–water partition coefficient (Wildman–Crippen LogP) is 21.9. The minimum Gasteiger partial charge on any atom is -0.464 e. The lowest BCUT2D eigenvalue weighted by Gasteiger charge is -2.33. The van der Waals surface area contributed by atoms with Crippen LogP contribution in [0.3, 0.4) is 0 Å². The first-order valence-electron chi connectivity index (χ1n) is 31.4. The molecule has 11 aromatic carbocycles. The number of aryl methyl sites for hydroxylation is 1. The van der Waals surface area contributed by atoms with Crippen LogP contribution in [0.5, 0.6) is 0 Å². The summed E-state index contributed by atoms with van der Waals surface area (Å²) in [4.78, 5) is 4.61. The number of nitrogens with zero attached hydrogens (tertiary/aromatic N) is 4. The van der Waals surface area contributed by atoms with Crippen LogP contribution in [-0.4, -0.2) is 14.8 Å². The maximum atomic E-state index is 7.20. The van der Waals surface area contributed by atoms with E-state index in [1.807, 2.05) is 36.6 Å². The highest BCUT2D eigenvalue weighted by Gasteiger charge is 2.32. The number of hydrogen-bond donors (Lipinski definition) is 0. The van der Waals surface area contributed by atoms with Crippen LogP contribution in [0.15, 0.2) is 301 Å². The van der Waals surface area contributed by atoms with Gasteiger partial charge in [0.2, 0.25) is 0 Å². The molecule has 0 saturated carbocycles. The second-order valence-electron chi connectivity index (χ2n) is 24.3. The van der Waals surface area contributed by atoms with Crippen molar-refractivity contribution in [1.82, 2.24) is 8.80 Å². The Morgan fingerprint density at radius 2 is 1.13 bits per heavy atom. The average molecular weight is 1180 g/mol. The molecule has 0 aliphatic heterocycles. The van der Waals surface area contributed by atoms with Crippen LogP contribution >= 0.6 is 0 Å². The summed E-state index contributed by atoms with van der Waals surface area (Å²) in [5.74, 6) is 0. The van der Waals surface area contributed by atoms with Crippen molar-refractivity contribution >= 4 is 134 Å². The maximum Gasteiger partial charge on any atom is 0.159 e. The van der Waals surface area contributed by atoms with Crippen molar-refractivity contribution in [2.24, 2.45) is 0 Å². The molecule has 438 valence electrons. The monoisotopic (exact) mass is 1180 g/mol. The molecule has 0 radical (unpaired) electrons. The molecule has 0 aliphatic carbocycles. The molecular formula is C86H62N4O2. The van der Waals surface area contributed by atoms with Crippen molar-refractivity contribution in [1.29, 1.82) is 0 Å². The van der Waals surface area contributed by atoms with Crippen LogP contribution in [-0.2, 0) is 0 Å². The van der Waals surface area contributed by atoms with Crippen LogP contribution in [0.1, 0.15) is 24.5 Å². The number of anilines is 3. The zero-order valence-electron chi connectivity index (χ0n) is 51.2. The van der Waals surface area contributed by atoms with Gasteiger partial charge in [-0.15, -0.1) is 13.2 Å². The highest BCUT2D eigenvalue weighted by Crippen LogP contribution is 2.53. The second kappa shape index (κ2) is 21.4. The minimum atomic E-state index is -0.143. The third kappa shape index (κ3) is 8.20. The SMILES string of the molecule is C=CCC(C=C)N(c1ccc2c(c1)c1cccc3c4c(-c5ccccc5)c5c(c(-c6ccccc6)c4n2c13)c1cccc2/c(=C/C(=C)N(/C=C(C)/C=C\c3coc4ccccc34)c3ccccc3)c(=C)n5c21)c1c(C)ccc2c1oc1c(-c3ccccc3)cccc12. The molecule has 92 heavy (non-hydrogen) atoms. The van der Waals surface area contributed by atoms with Crippen LogP contribution in [0, 0.1) is 6.92 Å². The van der Waals surface area contributed by atoms with Gasteiger partial charge in [-0.3, -0.25) is 0 Å². The van der Waals surface area contributed by atoms with E-state index in [2.05, 4.69) is 282 Å². The molecule has 0 N–H and O–H groups in total. The fraction of sp³-hybridized carbons (Fsp3) is 0.0465. The van der Waals surface area contributed by atoms with Crippen molar-refractivity contribution in [3.63, 3.8) is 0 Å². The van der Waals surface area contributed by atoms with E-state index in [1.165, 1.54) is 32.6 Å². The van der Waals surface area contributed by atoms with Gasteiger partial charge in [-0.05, 0) is 90.6 Å². The van der Waals surface area contributed by atoms with E-state index in [0.717, 1.165) is 149 Å². The van der Waals surface area contributed by atoms with Gasteiger partial charge in [0, 0.05) is 110 Å². The summed E-state index contributed by atoms with van der Waals surface area (Å²) in [7, 11) is 0. The molecule has 0 spiro atoms. The summed E-state index contributed by atoms with van der Waals surface area (Å²) in [5, 5.41) is 13.3. The van der Waals surface area contributed by atoms with E-state index in [-0.39, 0.29) is 6.04 Å². The van der Waals surface area contributed by atoms with Crippen LogP contribution < -0.4 is 20.4 Å². The molecule has 17 aromatic rings. The van der Waals surface area contributed by atoms with E-state index in [4.69, 9.17) is 22.0 Å². The Labute approximate surface area is 532 Å². The molecule has 0 amide bonds. The average Bonchev–Trinajstić information content (AvgIpc) is 1.50. The number of fused-ring (bicyclic) bond motifs is 13. The third-order valence-electron chi connectivity index (χ3n) is 18.9. The number of aromatic nitrogens is 2. The summed E-state index contributed by atoms with van der Waals surface area (Å²) in [6, 6.07) is 82.6. The smallest absolute Gasteiger partial charge is 0.159 e. The number of benzene rings is 11. The van der Waals surface area contributed by atoms with Gasteiger partial charge >= 0.3 is 0 Å². The van der Waals surface area contributed by atoms with Gasteiger partial charge in [0.1, 0.15) is 11.2 Å². The Hall–Kier alpha value is -11.9. The van der Waals surface area contributed by atoms with Crippen LogP contribution in [0.2, 0.25) is 0 Å². The van der Waals surface area contributed by atoms with Gasteiger partial charge in [0.25, 0.3) is 0 Å². The minimum absolute atomic E-state index is 0.143. The van der Waals surface area contributed by atoms with Gasteiger partial charge in [0.15, 0.2) is 5.58 Å². The van der Waals surface area contributed by atoms with Gasteiger partial charge in [-0.1, -0.05) is 232 Å². The van der Waals surface area contributed by atoms with Crippen molar-refractivity contribution in [2.45, 2.75) is 26.3 Å². The first-order chi connectivity index (χ1) is 45.3. The van der Waals surface area contributed by atoms with Crippen LogP contribution in [0.25, 0.3) is 150 Å². The summed E-state index contributed by atoms with van der Waals surface area (Å²) >= 11 is 0. The zero-order chi connectivity index (χ0) is 61.9. The highest BCUT2D eigenvalue weighted by molar-refractivity contribution is 6.36. The lowest BCUT2D eigenvalue weighted by atomic mass is 9.89. The van der Waals surface area contributed by atoms with E-state index in [1.54, 1.807) is 0 Å². The second-order valence-corrected chi connectivity index (χ2v) is 24.3. The number of furan rings is 2. The van der Waals surface area contributed by atoms with Gasteiger partial charge in [-0.25, -0.2) is 0 Å². The molecule has 0 fully saturated rings. The topological polar surface area (TPSA) is 41.6 Å². The Bertz CT molecular complexity index is 6020. The molecule has 6 aromatic heterocycles. The fourth-order valence-corrected chi connectivity index (χ4v) is 14.9. The lowest BCUT2D eigenvalue weighted by Crippen LogP contribution is -2.29. The summed E-state index contributed by atoms with van der Waals surface area (Å²) < 4.78 is 18.1. The molecule has 0 aliphatic rings. The molecule has 0 saturated heterocycles. The quantitative estimate of drug-likeness (QED) is 0.0758. The van der Waals surface area contributed by atoms with E-state index in [0.29, 0.717) is 6.42 Å². The van der Waals surface area contributed by atoms with Crippen molar-refractivity contribution < 1.29 is 8.83 Å². The Balaban J connectivity index is 0.909. The first kappa shape index (κ1) is 54.3. The fourth-order valence-electron chi connectivity index (χ4n) is 14.9. The van der Waals surface area contributed by atoms with E-state index in [9.17, 15) is 0 Å². The van der Waals surface area contributed by atoms with E-state index < -0.39 is 0 Å². The number of para-hydroxylation sites is 5. The highest BCUT2D eigenvalue weighted by atomic mass is 16.3. The van der Waals surface area contributed by atoms with Gasteiger partial charge in [-0.2, -0.15) is 0 Å². The number of hydrogen-bond acceptors (Lipinski definition) is 4. The number of rotatable bonds is 15. The molecule has 6 heterocycles. The number of allylic oxidation sites excluding steroid dienone is 3. The Kier molecular flexibility index (Phi) is 12.7. The molecule has 6 nitrogen and oxygen atoms in total. The third-order valence-corrected chi connectivity index (χ3v) is 18.9. The zero-order valence-corrected chi connectivity index (χ0v) is 51.2. The summed E-state index contributed by atoms with van der Waals surface area (Å²) in [5.41, 5.74) is 22.1. The molecule has 1 unspecified atom stereocenters. The largest absolute Gasteiger partial charge is 0.464 e. The first-order valence-corrected chi connectivity index (χ1v) is 31.4. The maximum absolute atomic E-state index is 7.20. The molecule has 0 bridgehead atoms. The Morgan fingerprint density at radius 3 is 1.83 bits per heavy atom. The van der Waals surface area contributed by atoms with Gasteiger partial charge in [0.05, 0.1) is 45.6 Å². The van der Waals surface area contributed by atoms with Crippen molar-refractivity contribution in [3.8, 4) is 33.4 Å². The molecular weight excluding hydrogens is 1120 g/mol. The van der Waals surface area contributed by atoms with Crippen molar-refractivity contribution in [3.05, 3.63) is 314 Å². The normalized spacial score (nSPS) is 12.9. The predicted molar refractivity (Wildman–Crippen MR) is 390 cm³/mol. The summed E-state index contributed by atoms with van der Waals surface area (Å²) in [6.45, 7) is 22.9. The molecule has 1 atom stereocenters.